The van der Waals surface area contributed by atoms with Crippen LogP contribution in [-0.4, -0.2) is 9.91 Å². The summed E-state index contributed by atoms with van der Waals surface area (Å²) in [5, 5.41) is 23.7. The highest BCUT2D eigenvalue weighted by atomic mass is 35.5. The van der Waals surface area contributed by atoms with Crippen LogP contribution >= 0.6 is 34.5 Å². The maximum absolute atomic E-state index is 10.8. The summed E-state index contributed by atoms with van der Waals surface area (Å²) in [5.74, 6) is 1.08. The number of nitro benzene ring substituents is 1. The van der Waals surface area contributed by atoms with Gasteiger partial charge in [0.05, 0.1) is 15.5 Å². The van der Waals surface area contributed by atoms with Crippen LogP contribution in [0.3, 0.4) is 0 Å². The van der Waals surface area contributed by atoms with Gasteiger partial charge in [-0.1, -0.05) is 23.2 Å². The number of halogens is 2. The molecule has 2 aromatic heterocycles. The summed E-state index contributed by atoms with van der Waals surface area (Å²) in [6.07, 6.45) is 1.63. The molecule has 9 heteroatoms. The molecule has 0 aliphatic rings. The molecule has 2 heterocycles. The zero-order valence-electron chi connectivity index (χ0n) is 15.6. The molecule has 0 amide bonds. The van der Waals surface area contributed by atoms with E-state index in [2.05, 4.69) is 11.1 Å². The van der Waals surface area contributed by atoms with Gasteiger partial charge in [0.2, 0.25) is 0 Å². The van der Waals surface area contributed by atoms with Crippen LogP contribution in [0.4, 0.5) is 5.69 Å². The zero-order chi connectivity index (χ0) is 22.0. The minimum Gasteiger partial charge on any atom is -0.454 e. The molecule has 4 aromatic rings. The van der Waals surface area contributed by atoms with Crippen molar-refractivity contribution in [2.45, 2.75) is 0 Å². The Kier molecular flexibility index (Phi) is 5.87. The van der Waals surface area contributed by atoms with E-state index in [0.29, 0.717) is 49.0 Å². The predicted molar refractivity (Wildman–Crippen MR) is 122 cm³/mol. The van der Waals surface area contributed by atoms with Crippen molar-refractivity contribution in [3.63, 3.8) is 0 Å². The average molecular weight is 468 g/mol. The zero-order valence-corrected chi connectivity index (χ0v) is 17.9. The van der Waals surface area contributed by atoms with Crippen LogP contribution in [0.1, 0.15) is 10.6 Å². The fourth-order valence-electron chi connectivity index (χ4n) is 2.82. The van der Waals surface area contributed by atoms with E-state index in [1.165, 1.54) is 23.5 Å². The minimum absolute atomic E-state index is 0.0133. The smallest absolute Gasteiger partial charge is 0.269 e. The summed E-state index contributed by atoms with van der Waals surface area (Å²) < 4.78 is 5.91. The van der Waals surface area contributed by atoms with Crippen LogP contribution in [0.5, 0.6) is 0 Å². The number of hydrogen-bond donors (Lipinski definition) is 0. The minimum atomic E-state index is -0.472. The fourth-order valence-corrected chi connectivity index (χ4v) is 3.98. The van der Waals surface area contributed by atoms with Gasteiger partial charge >= 0.3 is 0 Å². The first-order valence-electron chi connectivity index (χ1n) is 8.82. The number of non-ortho nitro benzene ring substituents is 1. The van der Waals surface area contributed by atoms with Crippen molar-refractivity contribution in [2.24, 2.45) is 0 Å². The molecule has 0 aliphatic heterocycles. The van der Waals surface area contributed by atoms with Gasteiger partial charge in [0.25, 0.3) is 5.69 Å². The van der Waals surface area contributed by atoms with Crippen LogP contribution in [0.25, 0.3) is 34.4 Å². The van der Waals surface area contributed by atoms with E-state index in [-0.39, 0.29) is 5.69 Å². The highest BCUT2D eigenvalue weighted by Gasteiger charge is 2.15. The predicted octanol–water partition coefficient (Wildman–Crippen LogP) is 7.35. The molecule has 31 heavy (non-hydrogen) atoms. The molecular formula is C22H11Cl2N3O3S. The first-order valence-corrected chi connectivity index (χ1v) is 10.5. The molecule has 6 nitrogen and oxygen atoms in total. The molecule has 0 unspecified atom stereocenters. The molecule has 0 radical (unpaired) electrons. The Morgan fingerprint density at radius 2 is 1.87 bits per heavy atom. The number of allylic oxidation sites excluding steroid dienone is 1. The summed E-state index contributed by atoms with van der Waals surface area (Å²) in [5.41, 5.74) is 2.24. The van der Waals surface area contributed by atoms with Gasteiger partial charge in [-0.25, -0.2) is 4.98 Å². The van der Waals surface area contributed by atoms with Crippen LogP contribution in [0.2, 0.25) is 10.0 Å². The van der Waals surface area contributed by atoms with Crippen molar-refractivity contribution >= 4 is 51.9 Å². The summed E-state index contributed by atoms with van der Waals surface area (Å²) in [7, 11) is 0. The molecule has 4 rings (SSSR count). The number of aromatic nitrogens is 1. The van der Waals surface area contributed by atoms with Crippen LogP contribution in [-0.2, 0) is 0 Å². The summed E-state index contributed by atoms with van der Waals surface area (Å²) in [6.45, 7) is 0. The number of nitro groups is 1. The molecule has 0 saturated heterocycles. The third-order valence-corrected chi connectivity index (χ3v) is 5.76. The van der Waals surface area contributed by atoms with Gasteiger partial charge in [-0.05, 0) is 54.1 Å². The second-order valence-electron chi connectivity index (χ2n) is 6.34. The van der Waals surface area contributed by atoms with E-state index in [0.717, 1.165) is 0 Å². The molecule has 0 atom stereocenters. The number of hydrogen-bond acceptors (Lipinski definition) is 6. The molecule has 0 N–H and O–H groups in total. The van der Waals surface area contributed by atoms with Gasteiger partial charge in [0.1, 0.15) is 22.5 Å². The standard InChI is InChI=1S/C22H11Cl2N3O3S/c23-15-3-6-18(24)17(10-15)20-7-8-21(30-20)19-12-31-22(26-19)14(11-25)9-13-1-4-16(5-2-13)27(28)29/h1-10,12H. The fraction of sp³-hybridized carbons (Fsp3) is 0. The van der Waals surface area contributed by atoms with E-state index in [4.69, 9.17) is 27.6 Å². The Balaban J connectivity index is 1.61. The van der Waals surface area contributed by atoms with Crippen molar-refractivity contribution in [3.05, 3.63) is 90.7 Å². The largest absolute Gasteiger partial charge is 0.454 e. The van der Waals surface area contributed by atoms with Gasteiger partial charge < -0.3 is 4.42 Å². The van der Waals surface area contributed by atoms with E-state index >= 15 is 0 Å². The Morgan fingerprint density at radius 1 is 1.13 bits per heavy atom. The third-order valence-electron chi connectivity index (χ3n) is 4.32. The van der Waals surface area contributed by atoms with E-state index in [1.807, 2.05) is 0 Å². The van der Waals surface area contributed by atoms with Gasteiger partial charge in [-0.15, -0.1) is 11.3 Å². The first-order chi connectivity index (χ1) is 14.9. The second-order valence-corrected chi connectivity index (χ2v) is 8.05. The lowest BCUT2D eigenvalue weighted by atomic mass is 10.1. The van der Waals surface area contributed by atoms with Crippen molar-refractivity contribution < 1.29 is 9.34 Å². The Labute approximate surface area is 190 Å². The maximum Gasteiger partial charge on any atom is 0.269 e. The highest BCUT2D eigenvalue weighted by molar-refractivity contribution is 7.11. The lowest BCUT2D eigenvalue weighted by Gasteiger charge is -2.01. The van der Waals surface area contributed by atoms with Crippen LogP contribution < -0.4 is 0 Å². The van der Waals surface area contributed by atoms with Gasteiger partial charge in [0, 0.05) is 28.1 Å². The molecule has 0 fully saturated rings. The topological polar surface area (TPSA) is 93.0 Å². The van der Waals surface area contributed by atoms with E-state index in [1.54, 1.807) is 53.9 Å². The van der Waals surface area contributed by atoms with Crippen molar-refractivity contribution in [1.29, 1.82) is 5.26 Å². The quantitative estimate of drug-likeness (QED) is 0.173. The Morgan fingerprint density at radius 3 is 2.58 bits per heavy atom. The van der Waals surface area contributed by atoms with Crippen LogP contribution in [0, 0.1) is 21.4 Å². The van der Waals surface area contributed by atoms with E-state index in [9.17, 15) is 15.4 Å². The highest BCUT2D eigenvalue weighted by Crippen LogP contribution is 2.35. The molecule has 0 spiro atoms. The normalized spacial score (nSPS) is 11.3. The lowest BCUT2D eigenvalue weighted by molar-refractivity contribution is -0.384. The van der Waals surface area contributed by atoms with E-state index < -0.39 is 4.92 Å². The summed E-state index contributed by atoms with van der Waals surface area (Å²) in [4.78, 5) is 14.8. The second kappa shape index (κ2) is 8.74. The maximum atomic E-state index is 10.8. The van der Waals surface area contributed by atoms with Gasteiger partial charge in [-0.2, -0.15) is 5.26 Å². The monoisotopic (exact) mass is 467 g/mol. The number of benzene rings is 2. The molecule has 0 saturated carbocycles. The molecule has 0 bridgehead atoms. The molecular weight excluding hydrogens is 457 g/mol. The lowest BCUT2D eigenvalue weighted by Crippen LogP contribution is -1.87. The van der Waals surface area contributed by atoms with Crippen molar-refractivity contribution in [3.8, 4) is 28.8 Å². The molecule has 0 aliphatic carbocycles. The number of nitriles is 1. The third kappa shape index (κ3) is 4.52. The van der Waals surface area contributed by atoms with Crippen LogP contribution in [0.15, 0.2) is 64.4 Å². The van der Waals surface area contributed by atoms with Gasteiger partial charge in [0.15, 0.2) is 5.76 Å². The number of furan rings is 1. The molecule has 2 aromatic carbocycles. The summed E-state index contributed by atoms with van der Waals surface area (Å²) >= 11 is 13.6. The van der Waals surface area contributed by atoms with Gasteiger partial charge in [-0.3, -0.25) is 10.1 Å². The number of nitrogens with zero attached hydrogens (tertiary/aromatic N) is 3. The number of thiazole rings is 1. The summed E-state index contributed by atoms with van der Waals surface area (Å²) in [6, 6.07) is 16.7. The molecule has 152 valence electrons. The first kappa shape index (κ1) is 20.8. The Hall–Kier alpha value is -3.44. The van der Waals surface area contributed by atoms with Crippen molar-refractivity contribution in [2.75, 3.05) is 0 Å². The number of rotatable bonds is 5. The SMILES string of the molecule is N#CC(=Cc1ccc([N+](=O)[O-])cc1)c1nc(-c2ccc(-c3cc(Cl)ccc3Cl)o2)cs1. The average Bonchev–Trinajstić information content (AvgIpc) is 3.44. The Bertz CT molecular complexity index is 1350. The van der Waals surface area contributed by atoms with Crippen molar-refractivity contribution in [1.82, 2.24) is 4.98 Å².